The molecular weight excluding hydrogens is 360 g/mol. The molecule has 0 fully saturated rings. The van der Waals surface area contributed by atoms with Crippen LogP contribution in [-0.2, 0) is 4.79 Å². The van der Waals surface area contributed by atoms with E-state index in [2.05, 4.69) is 34.6 Å². The number of hydrogen-bond acceptors (Lipinski definition) is 4. The fraction of sp³-hybridized carbons (Fsp3) is 0.0476. The van der Waals surface area contributed by atoms with E-state index < -0.39 is 0 Å². The standard InChI is InChI=1S/C21H16N2OS2/c24-20(14-25-16-9-2-1-3-10-16)23-21-22-19(13-26-21)18-12-6-8-15-7-4-5-11-17(15)18/h1-13H,14H2,(H,22,23,24). The molecule has 3 nitrogen and oxygen atoms in total. The van der Waals surface area contributed by atoms with E-state index >= 15 is 0 Å². The van der Waals surface area contributed by atoms with Crippen LogP contribution in [0.4, 0.5) is 5.13 Å². The first-order valence-electron chi connectivity index (χ1n) is 8.21. The lowest BCUT2D eigenvalue weighted by molar-refractivity contribution is -0.113. The molecule has 128 valence electrons. The number of nitrogens with zero attached hydrogens (tertiary/aromatic N) is 1. The molecule has 1 N–H and O–H groups in total. The maximum atomic E-state index is 12.2. The number of amides is 1. The lowest BCUT2D eigenvalue weighted by atomic mass is 10.0. The Bertz CT molecular complexity index is 1040. The van der Waals surface area contributed by atoms with E-state index in [0.717, 1.165) is 21.5 Å². The predicted octanol–water partition coefficient (Wildman–Crippen LogP) is 5.69. The smallest absolute Gasteiger partial charge is 0.236 e. The number of rotatable bonds is 5. The van der Waals surface area contributed by atoms with Crippen LogP contribution in [-0.4, -0.2) is 16.6 Å². The molecule has 1 amide bonds. The van der Waals surface area contributed by atoms with E-state index in [1.165, 1.54) is 28.5 Å². The van der Waals surface area contributed by atoms with Crippen LogP contribution in [0.1, 0.15) is 0 Å². The summed E-state index contributed by atoms with van der Waals surface area (Å²) in [5.41, 5.74) is 1.97. The maximum Gasteiger partial charge on any atom is 0.236 e. The molecule has 4 aromatic rings. The van der Waals surface area contributed by atoms with Crippen LogP contribution in [0.2, 0.25) is 0 Å². The second-order valence-electron chi connectivity index (χ2n) is 5.71. The maximum absolute atomic E-state index is 12.2. The zero-order valence-corrected chi connectivity index (χ0v) is 15.5. The molecule has 0 spiro atoms. The number of thiazole rings is 1. The Morgan fingerprint density at radius 2 is 1.73 bits per heavy atom. The summed E-state index contributed by atoms with van der Waals surface area (Å²) in [5.74, 6) is 0.324. The third-order valence-corrected chi connectivity index (χ3v) is 5.70. The topological polar surface area (TPSA) is 42.0 Å². The van der Waals surface area contributed by atoms with Crippen LogP contribution < -0.4 is 5.32 Å². The molecule has 4 rings (SSSR count). The molecule has 0 aliphatic carbocycles. The van der Waals surface area contributed by atoms with E-state index in [9.17, 15) is 4.79 Å². The zero-order valence-electron chi connectivity index (χ0n) is 13.9. The molecule has 5 heteroatoms. The lowest BCUT2D eigenvalue weighted by Gasteiger charge is -2.04. The van der Waals surface area contributed by atoms with Crippen LogP contribution in [0.15, 0.2) is 83.1 Å². The molecule has 3 aromatic carbocycles. The molecule has 0 aliphatic heterocycles. The van der Waals surface area contributed by atoms with Crippen LogP contribution in [0.5, 0.6) is 0 Å². The van der Waals surface area contributed by atoms with Gasteiger partial charge in [0.1, 0.15) is 0 Å². The normalized spacial score (nSPS) is 10.8. The van der Waals surface area contributed by atoms with Crippen molar-refractivity contribution in [2.24, 2.45) is 0 Å². The second kappa shape index (κ2) is 7.72. The highest BCUT2D eigenvalue weighted by Gasteiger charge is 2.10. The van der Waals surface area contributed by atoms with Gasteiger partial charge in [-0.1, -0.05) is 60.7 Å². The molecule has 0 bridgehead atoms. The van der Waals surface area contributed by atoms with Gasteiger partial charge in [-0.2, -0.15) is 0 Å². The van der Waals surface area contributed by atoms with Gasteiger partial charge in [-0.3, -0.25) is 4.79 Å². The van der Waals surface area contributed by atoms with Gasteiger partial charge in [0.15, 0.2) is 5.13 Å². The summed E-state index contributed by atoms with van der Waals surface area (Å²) in [6.45, 7) is 0. The Morgan fingerprint density at radius 3 is 2.62 bits per heavy atom. The minimum absolute atomic E-state index is 0.0438. The van der Waals surface area contributed by atoms with E-state index in [4.69, 9.17) is 0 Å². The Hall–Kier alpha value is -2.63. The summed E-state index contributed by atoms with van der Waals surface area (Å²) in [6.07, 6.45) is 0. The average Bonchev–Trinajstić information content (AvgIpc) is 3.15. The summed E-state index contributed by atoms with van der Waals surface area (Å²) in [4.78, 5) is 17.9. The van der Waals surface area contributed by atoms with Gasteiger partial charge in [0.25, 0.3) is 0 Å². The molecule has 0 aliphatic rings. The van der Waals surface area contributed by atoms with Crippen molar-refractivity contribution in [1.29, 1.82) is 0 Å². The molecule has 0 unspecified atom stereocenters. The van der Waals surface area contributed by atoms with Crippen LogP contribution in [0.3, 0.4) is 0 Å². The van der Waals surface area contributed by atoms with Crippen molar-refractivity contribution in [1.82, 2.24) is 4.98 Å². The average molecular weight is 377 g/mol. The number of hydrogen-bond donors (Lipinski definition) is 1. The SMILES string of the molecule is O=C(CSc1ccccc1)Nc1nc(-c2cccc3ccccc23)cs1. The van der Waals surface area contributed by atoms with Gasteiger partial charge in [0.05, 0.1) is 11.4 Å². The first-order chi connectivity index (χ1) is 12.8. The van der Waals surface area contributed by atoms with Crippen molar-refractivity contribution in [3.05, 3.63) is 78.2 Å². The van der Waals surface area contributed by atoms with Gasteiger partial charge >= 0.3 is 0 Å². The van der Waals surface area contributed by atoms with Gasteiger partial charge in [0.2, 0.25) is 5.91 Å². The Morgan fingerprint density at radius 1 is 0.962 bits per heavy atom. The molecule has 1 heterocycles. The summed E-state index contributed by atoms with van der Waals surface area (Å²) in [7, 11) is 0. The number of anilines is 1. The van der Waals surface area contributed by atoms with Crippen molar-refractivity contribution in [2.45, 2.75) is 4.90 Å². The Labute approximate surface area is 160 Å². The van der Waals surface area contributed by atoms with E-state index in [-0.39, 0.29) is 5.91 Å². The number of aromatic nitrogens is 1. The number of carbonyl (C=O) groups is 1. The Balaban J connectivity index is 1.47. The molecule has 0 radical (unpaired) electrons. The molecular formula is C21H16N2OS2. The third kappa shape index (κ3) is 3.79. The molecule has 26 heavy (non-hydrogen) atoms. The van der Waals surface area contributed by atoms with Gasteiger partial charge < -0.3 is 5.32 Å². The van der Waals surface area contributed by atoms with Gasteiger partial charge in [-0.15, -0.1) is 23.1 Å². The number of benzene rings is 3. The summed E-state index contributed by atoms with van der Waals surface area (Å²) in [5, 5.41) is 7.86. The summed E-state index contributed by atoms with van der Waals surface area (Å²) >= 11 is 2.97. The number of thioether (sulfide) groups is 1. The number of nitrogens with one attached hydrogen (secondary N) is 1. The largest absolute Gasteiger partial charge is 0.301 e. The first kappa shape index (κ1) is 16.8. The molecule has 0 saturated heterocycles. The fourth-order valence-electron chi connectivity index (χ4n) is 2.72. The van der Waals surface area contributed by atoms with Crippen molar-refractivity contribution in [3.63, 3.8) is 0 Å². The van der Waals surface area contributed by atoms with Crippen molar-refractivity contribution < 1.29 is 4.79 Å². The van der Waals surface area contributed by atoms with Crippen LogP contribution in [0.25, 0.3) is 22.0 Å². The van der Waals surface area contributed by atoms with Gasteiger partial charge in [-0.25, -0.2) is 4.98 Å². The summed E-state index contributed by atoms with van der Waals surface area (Å²) < 4.78 is 0. The molecule has 0 saturated carbocycles. The minimum atomic E-state index is -0.0438. The van der Waals surface area contributed by atoms with Gasteiger partial charge in [0, 0.05) is 15.8 Å². The number of fused-ring (bicyclic) bond motifs is 1. The molecule has 0 atom stereocenters. The second-order valence-corrected chi connectivity index (χ2v) is 7.62. The first-order valence-corrected chi connectivity index (χ1v) is 10.1. The highest BCUT2D eigenvalue weighted by Crippen LogP contribution is 2.31. The van der Waals surface area contributed by atoms with E-state index in [0.29, 0.717) is 10.9 Å². The monoisotopic (exact) mass is 376 g/mol. The van der Waals surface area contributed by atoms with Crippen molar-refractivity contribution in [2.75, 3.05) is 11.1 Å². The third-order valence-electron chi connectivity index (χ3n) is 3.93. The van der Waals surface area contributed by atoms with Crippen molar-refractivity contribution in [3.8, 4) is 11.3 Å². The molecule has 1 aromatic heterocycles. The van der Waals surface area contributed by atoms with Crippen molar-refractivity contribution >= 4 is 44.9 Å². The summed E-state index contributed by atoms with van der Waals surface area (Å²) in [6, 6.07) is 24.3. The highest BCUT2D eigenvalue weighted by atomic mass is 32.2. The quantitative estimate of drug-likeness (QED) is 0.455. The predicted molar refractivity (Wildman–Crippen MR) is 111 cm³/mol. The van der Waals surface area contributed by atoms with Crippen LogP contribution >= 0.6 is 23.1 Å². The Kier molecular flexibility index (Phi) is 5.00. The lowest BCUT2D eigenvalue weighted by Crippen LogP contribution is -2.13. The fourth-order valence-corrected chi connectivity index (χ4v) is 4.17. The number of carbonyl (C=O) groups excluding carboxylic acids is 1. The van der Waals surface area contributed by atoms with Gasteiger partial charge in [-0.05, 0) is 22.9 Å². The van der Waals surface area contributed by atoms with E-state index in [1.54, 1.807) is 0 Å². The van der Waals surface area contributed by atoms with E-state index in [1.807, 2.05) is 53.9 Å². The minimum Gasteiger partial charge on any atom is -0.301 e. The zero-order chi connectivity index (χ0) is 17.8. The van der Waals surface area contributed by atoms with Crippen LogP contribution in [0, 0.1) is 0 Å². The highest BCUT2D eigenvalue weighted by molar-refractivity contribution is 8.00.